The van der Waals surface area contributed by atoms with Crippen LogP contribution < -0.4 is 5.32 Å². The first-order chi connectivity index (χ1) is 13.3. The van der Waals surface area contributed by atoms with Gasteiger partial charge in [-0.25, -0.2) is 0 Å². The van der Waals surface area contributed by atoms with Crippen molar-refractivity contribution in [3.8, 4) is 11.5 Å². The summed E-state index contributed by atoms with van der Waals surface area (Å²) in [6.45, 7) is 6.35. The normalized spacial score (nSPS) is 19.8. The minimum atomic E-state index is -0.500. The summed E-state index contributed by atoms with van der Waals surface area (Å²) >= 11 is 0. The molecule has 1 aromatic carbocycles. The van der Waals surface area contributed by atoms with Crippen molar-refractivity contribution in [2.75, 3.05) is 11.9 Å². The predicted octanol–water partition coefficient (Wildman–Crippen LogP) is 4.07. The van der Waals surface area contributed by atoms with Crippen LogP contribution in [0.4, 0.5) is 6.01 Å². The summed E-state index contributed by atoms with van der Waals surface area (Å²) in [6.07, 6.45) is 3.65. The number of ether oxygens (including phenoxy) is 1. The highest BCUT2D eigenvalue weighted by Gasteiger charge is 2.33. The molecule has 7 heteroatoms. The molecule has 2 aromatic rings. The van der Waals surface area contributed by atoms with E-state index in [0.717, 1.165) is 31.2 Å². The molecule has 7 nitrogen and oxygen atoms in total. The Labute approximate surface area is 164 Å². The minimum Gasteiger partial charge on any atom is -0.455 e. The number of carbonyl (C=O) groups is 2. The van der Waals surface area contributed by atoms with Gasteiger partial charge in [0.1, 0.15) is 0 Å². The average Bonchev–Trinajstić information content (AvgIpc) is 3.14. The summed E-state index contributed by atoms with van der Waals surface area (Å²) < 4.78 is 10.6. The number of benzene rings is 1. The van der Waals surface area contributed by atoms with Crippen molar-refractivity contribution in [3.63, 3.8) is 0 Å². The van der Waals surface area contributed by atoms with Crippen molar-refractivity contribution in [1.29, 1.82) is 0 Å². The van der Waals surface area contributed by atoms with Crippen LogP contribution in [-0.2, 0) is 14.3 Å². The Hall–Kier alpha value is -2.70. The molecule has 28 heavy (non-hydrogen) atoms. The van der Waals surface area contributed by atoms with E-state index in [1.807, 2.05) is 30.3 Å². The lowest BCUT2D eigenvalue weighted by Crippen LogP contribution is -2.31. The lowest BCUT2D eigenvalue weighted by Gasteiger charge is -2.36. The number of hydrogen-bond donors (Lipinski definition) is 1. The van der Waals surface area contributed by atoms with Gasteiger partial charge in [0.05, 0.1) is 5.92 Å². The highest BCUT2D eigenvalue weighted by molar-refractivity contribution is 5.91. The third-order valence-electron chi connectivity index (χ3n) is 5.32. The molecule has 0 radical (unpaired) electrons. The molecule has 0 unspecified atom stereocenters. The molecule has 1 aliphatic rings. The van der Waals surface area contributed by atoms with Gasteiger partial charge in [-0.1, -0.05) is 44.1 Å². The summed E-state index contributed by atoms with van der Waals surface area (Å²) in [5, 5.41) is 10.1. The zero-order chi connectivity index (χ0) is 20.1. The van der Waals surface area contributed by atoms with Crippen LogP contribution in [0, 0.1) is 17.3 Å². The van der Waals surface area contributed by atoms with Crippen LogP contribution in [0.25, 0.3) is 11.5 Å². The van der Waals surface area contributed by atoms with Crippen molar-refractivity contribution in [3.05, 3.63) is 30.3 Å². The van der Waals surface area contributed by atoms with Crippen molar-refractivity contribution in [2.45, 2.75) is 46.5 Å². The van der Waals surface area contributed by atoms with Gasteiger partial charge in [0, 0.05) is 5.56 Å². The van der Waals surface area contributed by atoms with Gasteiger partial charge in [-0.3, -0.25) is 14.9 Å². The first kappa shape index (κ1) is 20.0. The van der Waals surface area contributed by atoms with E-state index in [-0.39, 0.29) is 29.9 Å². The Balaban J connectivity index is 1.44. The maximum atomic E-state index is 12.2. The van der Waals surface area contributed by atoms with E-state index >= 15 is 0 Å². The van der Waals surface area contributed by atoms with Gasteiger partial charge in [-0.2, -0.15) is 0 Å². The van der Waals surface area contributed by atoms with Gasteiger partial charge in [-0.05, 0) is 49.1 Å². The first-order valence-corrected chi connectivity index (χ1v) is 9.68. The molecule has 1 aromatic heterocycles. The molecule has 0 spiro atoms. The number of hydrogen-bond acceptors (Lipinski definition) is 6. The van der Waals surface area contributed by atoms with Crippen molar-refractivity contribution < 1.29 is 18.7 Å². The van der Waals surface area contributed by atoms with Gasteiger partial charge >= 0.3 is 12.0 Å². The SMILES string of the molecule is CC(C)(C)C1CCC(C(=O)OCC(=O)Nc2nnc(-c3ccccc3)o2)CC1. The third kappa shape index (κ3) is 5.18. The zero-order valence-electron chi connectivity index (χ0n) is 16.6. The van der Waals surface area contributed by atoms with Crippen LogP contribution in [0.5, 0.6) is 0 Å². The van der Waals surface area contributed by atoms with Crippen molar-refractivity contribution in [1.82, 2.24) is 10.2 Å². The summed E-state index contributed by atoms with van der Waals surface area (Å²) in [4.78, 5) is 24.3. The number of carbonyl (C=O) groups excluding carboxylic acids is 2. The molecule has 1 N–H and O–H groups in total. The van der Waals surface area contributed by atoms with Crippen LogP contribution >= 0.6 is 0 Å². The number of amides is 1. The van der Waals surface area contributed by atoms with Crippen LogP contribution in [0.2, 0.25) is 0 Å². The van der Waals surface area contributed by atoms with Crippen molar-refractivity contribution in [2.24, 2.45) is 17.3 Å². The topological polar surface area (TPSA) is 94.3 Å². The summed E-state index contributed by atoms with van der Waals surface area (Å²) in [5.74, 6) is -0.00261. The molecular formula is C21H27N3O4. The molecule has 150 valence electrons. The predicted molar refractivity (Wildman–Crippen MR) is 104 cm³/mol. The molecule has 0 aliphatic heterocycles. The maximum absolute atomic E-state index is 12.2. The number of esters is 1. The van der Waals surface area contributed by atoms with Crippen LogP contribution in [0.3, 0.4) is 0 Å². The van der Waals surface area contributed by atoms with E-state index in [0.29, 0.717) is 11.8 Å². The number of anilines is 1. The fraction of sp³-hybridized carbons (Fsp3) is 0.524. The van der Waals surface area contributed by atoms with E-state index < -0.39 is 5.91 Å². The van der Waals surface area contributed by atoms with Crippen LogP contribution in [-0.4, -0.2) is 28.7 Å². The molecule has 1 saturated carbocycles. The van der Waals surface area contributed by atoms with E-state index in [2.05, 4.69) is 36.3 Å². The third-order valence-corrected chi connectivity index (χ3v) is 5.32. The molecular weight excluding hydrogens is 358 g/mol. The maximum Gasteiger partial charge on any atom is 0.322 e. The van der Waals surface area contributed by atoms with Gasteiger partial charge in [0.15, 0.2) is 6.61 Å². The van der Waals surface area contributed by atoms with Gasteiger partial charge in [0.2, 0.25) is 5.89 Å². The number of aromatic nitrogens is 2. The first-order valence-electron chi connectivity index (χ1n) is 9.68. The molecule has 1 heterocycles. The molecule has 1 amide bonds. The molecule has 0 atom stereocenters. The Bertz CT molecular complexity index is 803. The van der Waals surface area contributed by atoms with E-state index in [1.165, 1.54) is 0 Å². The van der Waals surface area contributed by atoms with E-state index in [4.69, 9.17) is 9.15 Å². The second-order valence-electron chi connectivity index (χ2n) is 8.35. The smallest absolute Gasteiger partial charge is 0.322 e. The average molecular weight is 385 g/mol. The van der Waals surface area contributed by atoms with Crippen molar-refractivity contribution >= 4 is 17.9 Å². The second-order valence-corrected chi connectivity index (χ2v) is 8.35. The van der Waals surface area contributed by atoms with E-state index in [1.54, 1.807) is 0 Å². The highest BCUT2D eigenvalue weighted by atomic mass is 16.5. The van der Waals surface area contributed by atoms with Gasteiger partial charge < -0.3 is 9.15 Å². The fourth-order valence-electron chi connectivity index (χ4n) is 3.58. The monoisotopic (exact) mass is 385 g/mol. The summed E-state index contributed by atoms with van der Waals surface area (Å²) in [7, 11) is 0. The fourth-order valence-corrected chi connectivity index (χ4v) is 3.58. The largest absolute Gasteiger partial charge is 0.455 e. The van der Waals surface area contributed by atoms with E-state index in [9.17, 15) is 9.59 Å². The van der Waals surface area contributed by atoms with Gasteiger partial charge in [-0.15, -0.1) is 5.10 Å². The lowest BCUT2D eigenvalue weighted by atomic mass is 9.70. The Morgan fingerprint density at radius 2 is 1.79 bits per heavy atom. The molecule has 0 bridgehead atoms. The number of nitrogens with one attached hydrogen (secondary N) is 1. The molecule has 0 saturated heterocycles. The number of nitrogens with zero attached hydrogens (tertiary/aromatic N) is 2. The van der Waals surface area contributed by atoms with Crippen LogP contribution in [0.15, 0.2) is 34.7 Å². The van der Waals surface area contributed by atoms with Crippen LogP contribution in [0.1, 0.15) is 46.5 Å². The minimum absolute atomic E-state index is 0.0226. The Morgan fingerprint density at radius 1 is 1.11 bits per heavy atom. The second kappa shape index (κ2) is 8.54. The quantitative estimate of drug-likeness (QED) is 0.780. The Morgan fingerprint density at radius 3 is 2.43 bits per heavy atom. The highest BCUT2D eigenvalue weighted by Crippen LogP contribution is 2.40. The molecule has 1 fully saturated rings. The lowest BCUT2D eigenvalue weighted by molar-refractivity contribution is -0.153. The zero-order valence-corrected chi connectivity index (χ0v) is 16.6. The van der Waals surface area contributed by atoms with Gasteiger partial charge in [0.25, 0.3) is 5.91 Å². The Kier molecular flexibility index (Phi) is 6.11. The summed E-state index contributed by atoms with van der Waals surface area (Å²) in [5.41, 5.74) is 1.02. The molecule has 3 rings (SSSR count). The standard InChI is InChI=1S/C21H27N3O4/c1-21(2,3)16-11-9-15(10-12-16)19(26)27-13-17(25)22-20-24-23-18(28-20)14-7-5-4-6-8-14/h4-8,15-16H,9-13H2,1-3H3,(H,22,24,25). The molecule has 1 aliphatic carbocycles. The summed E-state index contributed by atoms with van der Waals surface area (Å²) in [6, 6.07) is 9.22. The number of rotatable bonds is 5.